The summed E-state index contributed by atoms with van der Waals surface area (Å²) >= 11 is 0. The quantitative estimate of drug-likeness (QED) is 0.634. The van der Waals surface area contributed by atoms with Crippen LogP contribution in [0.3, 0.4) is 0 Å². The number of esters is 1. The van der Waals surface area contributed by atoms with E-state index in [9.17, 15) is 31.2 Å². The number of hydrogen-bond acceptors (Lipinski definition) is 5. The molecule has 1 atom stereocenters. The van der Waals surface area contributed by atoms with E-state index in [1.54, 1.807) is 18.2 Å². The first kappa shape index (κ1) is 23.4. The molecule has 2 aromatic carbocycles. The average Bonchev–Trinajstić information content (AvgIpc) is 2.71. The Morgan fingerprint density at radius 3 is 2.17 bits per heavy atom. The highest BCUT2D eigenvalue weighted by Gasteiger charge is 2.30. The molecule has 0 aliphatic heterocycles. The van der Waals surface area contributed by atoms with Crippen LogP contribution in [0.15, 0.2) is 59.5 Å². The van der Waals surface area contributed by atoms with Crippen molar-refractivity contribution in [2.75, 3.05) is 12.9 Å². The molecular formula is C20H20F3NO5S. The van der Waals surface area contributed by atoms with Crippen LogP contribution in [0, 0.1) is 0 Å². The van der Waals surface area contributed by atoms with Crippen LogP contribution in [0.1, 0.15) is 17.5 Å². The summed E-state index contributed by atoms with van der Waals surface area (Å²) in [7, 11) is -2.58. The van der Waals surface area contributed by atoms with Gasteiger partial charge in [-0.15, -0.1) is 0 Å². The summed E-state index contributed by atoms with van der Waals surface area (Å²) in [6, 6.07) is 10.5. The maximum absolute atomic E-state index is 12.6. The van der Waals surface area contributed by atoms with Crippen LogP contribution < -0.4 is 5.32 Å². The fourth-order valence-corrected chi connectivity index (χ4v) is 4.01. The van der Waals surface area contributed by atoms with E-state index >= 15 is 0 Å². The van der Waals surface area contributed by atoms with Crippen LogP contribution >= 0.6 is 0 Å². The molecule has 30 heavy (non-hydrogen) atoms. The Balaban J connectivity index is 2.02. The number of rotatable bonds is 8. The van der Waals surface area contributed by atoms with Crippen molar-refractivity contribution in [3.63, 3.8) is 0 Å². The van der Waals surface area contributed by atoms with Gasteiger partial charge in [0.1, 0.15) is 6.04 Å². The third-order valence-corrected chi connectivity index (χ3v) is 6.01. The van der Waals surface area contributed by atoms with E-state index < -0.39 is 45.2 Å². The largest absolute Gasteiger partial charge is 0.467 e. The summed E-state index contributed by atoms with van der Waals surface area (Å²) in [4.78, 5) is 24.3. The Morgan fingerprint density at radius 1 is 1.03 bits per heavy atom. The lowest BCUT2D eigenvalue weighted by atomic mass is 10.1. The molecule has 2 aromatic rings. The van der Waals surface area contributed by atoms with E-state index in [-0.39, 0.29) is 17.7 Å². The van der Waals surface area contributed by atoms with Gasteiger partial charge in [0.15, 0.2) is 9.84 Å². The molecule has 0 saturated heterocycles. The number of methoxy groups -OCH3 is 1. The molecule has 2 rings (SSSR count). The number of sulfone groups is 1. The van der Waals surface area contributed by atoms with Crippen LogP contribution in [0.4, 0.5) is 13.2 Å². The Bertz CT molecular complexity index is 974. The highest BCUT2D eigenvalue weighted by atomic mass is 32.2. The first-order chi connectivity index (χ1) is 14.0. The molecule has 0 bridgehead atoms. The highest BCUT2D eigenvalue weighted by molar-refractivity contribution is 7.91. The minimum atomic E-state index is -4.49. The van der Waals surface area contributed by atoms with E-state index in [1.165, 1.54) is 12.1 Å². The second kappa shape index (κ2) is 9.75. The van der Waals surface area contributed by atoms with Crippen molar-refractivity contribution < 1.29 is 35.9 Å². The smallest absolute Gasteiger partial charge is 0.416 e. The predicted molar refractivity (Wildman–Crippen MR) is 102 cm³/mol. The number of carbonyl (C=O) groups excluding carboxylic acids is 2. The lowest BCUT2D eigenvalue weighted by molar-refractivity contribution is -0.145. The zero-order chi connectivity index (χ0) is 22.4. The maximum atomic E-state index is 12.6. The van der Waals surface area contributed by atoms with Crippen LogP contribution in [-0.4, -0.2) is 39.2 Å². The number of hydrogen-bond donors (Lipinski definition) is 1. The van der Waals surface area contributed by atoms with Crippen LogP contribution in [-0.2, 0) is 36.8 Å². The number of ether oxygens (including phenoxy) is 1. The number of carbonyl (C=O) groups is 2. The van der Waals surface area contributed by atoms with Gasteiger partial charge in [0.05, 0.1) is 29.7 Å². The van der Waals surface area contributed by atoms with Crippen molar-refractivity contribution in [3.8, 4) is 0 Å². The van der Waals surface area contributed by atoms with Crippen molar-refractivity contribution in [2.24, 2.45) is 0 Å². The number of benzene rings is 2. The molecule has 0 spiro atoms. The van der Waals surface area contributed by atoms with Gasteiger partial charge in [-0.1, -0.05) is 30.3 Å². The molecule has 162 valence electrons. The summed E-state index contributed by atoms with van der Waals surface area (Å²) in [6.07, 6.45) is -4.99. The SMILES string of the molecule is COC(=O)[C@@H](CCS(=O)(=O)c1ccccc1)NC(=O)Cc1ccc(C(F)(F)F)cc1. The third-order valence-electron chi connectivity index (χ3n) is 4.24. The number of nitrogens with one attached hydrogen (secondary N) is 1. The molecule has 0 fully saturated rings. The second-order valence-corrected chi connectivity index (χ2v) is 8.54. The van der Waals surface area contributed by atoms with Gasteiger partial charge in [-0.05, 0) is 36.2 Å². The number of alkyl halides is 3. The van der Waals surface area contributed by atoms with Crippen molar-refractivity contribution in [3.05, 3.63) is 65.7 Å². The van der Waals surface area contributed by atoms with Gasteiger partial charge in [-0.2, -0.15) is 13.2 Å². The van der Waals surface area contributed by atoms with Gasteiger partial charge >= 0.3 is 12.1 Å². The molecule has 1 amide bonds. The first-order valence-electron chi connectivity index (χ1n) is 8.84. The Labute approximate surface area is 172 Å². The second-order valence-electron chi connectivity index (χ2n) is 6.44. The van der Waals surface area contributed by atoms with Crippen LogP contribution in [0.2, 0.25) is 0 Å². The number of amides is 1. The van der Waals surface area contributed by atoms with Crippen molar-refractivity contribution >= 4 is 21.7 Å². The molecule has 0 aliphatic rings. The van der Waals surface area contributed by atoms with Gasteiger partial charge in [0.25, 0.3) is 0 Å². The van der Waals surface area contributed by atoms with Crippen LogP contribution in [0.5, 0.6) is 0 Å². The topological polar surface area (TPSA) is 89.5 Å². The Morgan fingerprint density at radius 2 is 1.63 bits per heavy atom. The minimum Gasteiger partial charge on any atom is -0.467 e. The third kappa shape index (κ3) is 6.58. The van der Waals surface area contributed by atoms with Gasteiger partial charge in [-0.3, -0.25) is 4.79 Å². The number of halogens is 3. The molecule has 6 nitrogen and oxygen atoms in total. The van der Waals surface area contributed by atoms with Gasteiger partial charge < -0.3 is 10.1 Å². The normalized spacial score (nSPS) is 12.8. The molecular weight excluding hydrogens is 423 g/mol. The zero-order valence-corrected chi connectivity index (χ0v) is 16.8. The fourth-order valence-electron chi connectivity index (χ4n) is 2.65. The highest BCUT2D eigenvalue weighted by Crippen LogP contribution is 2.29. The molecule has 0 saturated carbocycles. The van der Waals surface area contributed by atoms with Crippen molar-refractivity contribution in [1.82, 2.24) is 5.32 Å². The maximum Gasteiger partial charge on any atom is 0.416 e. The molecule has 0 heterocycles. The first-order valence-corrected chi connectivity index (χ1v) is 10.5. The average molecular weight is 443 g/mol. The summed E-state index contributed by atoms with van der Waals surface area (Å²) in [5, 5.41) is 2.38. The molecule has 0 unspecified atom stereocenters. The van der Waals surface area contributed by atoms with E-state index in [0.29, 0.717) is 5.56 Å². The van der Waals surface area contributed by atoms with Crippen LogP contribution in [0.25, 0.3) is 0 Å². The minimum absolute atomic E-state index is 0.0877. The van der Waals surface area contributed by atoms with Gasteiger partial charge in [-0.25, -0.2) is 13.2 Å². The molecule has 10 heteroatoms. The summed E-state index contributed by atoms with van der Waals surface area (Å²) < 4.78 is 67.2. The Kier molecular flexibility index (Phi) is 7.60. The molecule has 0 radical (unpaired) electrons. The standard InChI is InChI=1S/C20H20F3NO5S/c1-29-19(26)17(11-12-30(27,28)16-5-3-2-4-6-16)24-18(25)13-14-7-9-15(10-8-14)20(21,22)23/h2-10,17H,11-13H2,1H3,(H,24,25)/t17-/m1/s1. The lowest BCUT2D eigenvalue weighted by Gasteiger charge is -2.17. The van der Waals surface area contributed by atoms with E-state index in [1.807, 2.05) is 0 Å². The molecule has 0 aromatic heterocycles. The van der Waals surface area contributed by atoms with E-state index in [0.717, 1.165) is 31.4 Å². The lowest BCUT2D eigenvalue weighted by Crippen LogP contribution is -2.43. The zero-order valence-electron chi connectivity index (χ0n) is 16.0. The van der Waals surface area contributed by atoms with Crippen molar-refractivity contribution in [1.29, 1.82) is 0 Å². The monoisotopic (exact) mass is 443 g/mol. The summed E-state index contributed by atoms with van der Waals surface area (Å²) in [6.45, 7) is 0. The molecule has 0 aliphatic carbocycles. The fraction of sp³-hybridized carbons (Fsp3) is 0.300. The molecule has 1 N–H and O–H groups in total. The van der Waals surface area contributed by atoms with Gasteiger partial charge in [0, 0.05) is 0 Å². The summed E-state index contributed by atoms with van der Waals surface area (Å²) in [5.41, 5.74) is -0.536. The predicted octanol–water partition coefficient (Wildman–Crippen LogP) is 2.77. The van der Waals surface area contributed by atoms with E-state index in [4.69, 9.17) is 0 Å². The van der Waals surface area contributed by atoms with Gasteiger partial charge in [0.2, 0.25) is 5.91 Å². The Hall–Kier alpha value is -2.88. The summed E-state index contributed by atoms with van der Waals surface area (Å²) in [5.74, 6) is -1.88. The van der Waals surface area contributed by atoms with Crippen molar-refractivity contribution in [2.45, 2.75) is 30.0 Å². The van der Waals surface area contributed by atoms with E-state index in [2.05, 4.69) is 10.1 Å².